The highest BCUT2D eigenvalue weighted by molar-refractivity contribution is 5.76. The van der Waals surface area contributed by atoms with Gasteiger partial charge in [0.05, 0.1) is 19.8 Å². The van der Waals surface area contributed by atoms with E-state index < -0.39 is 0 Å². The summed E-state index contributed by atoms with van der Waals surface area (Å²) in [6, 6.07) is 5.89. The van der Waals surface area contributed by atoms with Crippen LogP contribution in [0.2, 0.25) is 0 Å². The Morgan fingerprint density at radius 3 is 2.65 bits per heavy atom. The lowest BCUT2D eigenvalue weighted by molar-refractivity contribution is -0.121. The lowest BCUT2D eigenvalue weighted by Gasteiger charge is -2.13. The van der Waals surface area contributed by atoms with Gasteiger partial charge in [-0.05, 0) is 37.5 Å². The minimum Gasteiger partial charge on any atom is -0.490 e. The molecule has 0 unspecified atom stereocenters. The van der Waals surface area contributed by atoms with Crippen molar-refractivity contribution in [2.75, 3.05) is 33.5 Å². The third-order valence-corrected chi connectivity index (χ3v) is 3.33. The SMILES string of the molecule is CCCCOc1ccc(CCC(=O)NCCOC)cc1OCC. The van der Waals surface area contributed by atoms with Crippen LogP contribution in [0.25, 0.3) is 0 Å². The third-order valence-electron chi connectivity index (χ3n) is 3.33. The van der Waals surface area contributed by atoms with Gasteiger partial charge in [-0.3, -0.25) is 4.79 Å². The number of rotatable bonds is 12. The minimum atomic E-state index is 0.0308. The van der Waals surface area contributed by atoms with Gasteiger partial charge in [-0.2, -0.15) is 0 Å². The van der Waals surface area contributed by atoms with Crippen LogP contribution in [0.4, 0.5) is 0 Å². The molecule has 1 aromatic carbocycles. The van der Waals surface area contributed by atoms with E-state index in [1.165, 1.54) is 0 Å². The number of hydrogen-bond acceptors (Lipinski definition) is 4. The quantitative estimate of drug-likeness (QED) is 0.601. The van der Waals surface area contributed by atoms with Crippen molar-refractivity contribution >= 4 is 5.91 Å². The van der Waals surface area contributed by atoms with Crippen LogP contribution in [0, 0.1) is 0 Å². The molecule has 1 aromatic rings. The molecule has 0 aliphatic carbocycles. The third kappa shape index (κ3) is 7.88. The van der Waals surface area contributed by atoms with E-state index in [-0.39, 0.29) is 5.91 Å². The topological polar surface area (TPSA) is 56.8 Å². The average molecular weight is 323 g/mol. The molecule has 0 aliphatic rings. The number of hydrogen-bond donors (Lipinski definition) is 1. The second-order valence-corrected chi connectivity index (χ2v) is 5.26. The lowest BCUT2D eigenvalue weighted by Crippen LogP contribution is -2.27. The lowest BCUT2D eigenvalue weighted by atomic mass is 10.1. The number of carbonyl (C=O) groups excluding carboxylic acids is 1. The van der Waals surface area contributed by atoms with E-state index >= 15 is 0 Å². The zero-order valence-corrected chi connectivity index (χ0v) is 14.5. The van der Waals surface area contributed by atoms with Crippen molar-refractivity contribution in [3.63, 3.8) is 0 Å². The van der Waals surface area contributed by atoms with Gasteiger partial charge in [0.15, 0.2) is 11.5 Å². The van der Waals surface area contributed by atoms with Gasteiger partial charge < -0.3 is 19.5 Å². The van der Waals surface area contributed by atoms with E-state index in [4.69, 9.17) is 14.2 Å². The number of unbranched alkanes of at least 4 members (excludes halogenated alkanes) is 1. The summed E-state index contributed by atoms with van der Waals surface area (Å²) in [6.07, 6.45) is 3.24. The molecular formula is C18H29NO4. The maximum absolute atomic E-state index is 11.7. The summed E-state index contributed by atoms with van der Waals surface area (Å²) in [7, 11) is 1.62. The molecule has 130 valence electrons. The van der Waals surface area contributed by atoms with E-state index in [1.807, 2.05) is 25.1 Å². The fraction of sp³-hybridized carbons (Fsp3) is 0.611. The fourth-order valence-corrected chi connectivity index (χ4v) is 2.06. The molecule has 0 fully saturated rings. The van der Waals surface area contributed by atoms with Crippen LogP contribution in [0.3, 0.4) is 0 Å². The molecule has 1 amide bonds. The van der Waals surface area contributed by atoms with E-state index in [0.717, 1.165) is 29.9 Å². The molecule has 0 bridgehead atoms. The predicted octanol–water partition coefficient (Wildman–Crippen LogP) is 2.96. The highest BCUT2D eigenvalue weighted by Gasteiger charge is 2.08. The molecule has 1 rings (SSSR count). The summed E-state index contributed by atoms with van der Waals surface area (Å²) in [4.78, 5) is 11.7. The number of ether oxygens (including phenoxy) is 3. The second kappa shape index (κ2) is 11.8. The molecule has 5 nitrogen and oxygen atoms in total. The molecule has 0 saturated heterocycles. The maximum atomic E-state index is 11.7. The van der Waals surface area contributed by atoms with Gasteiger partial charge in [0.25, 0.3) is 0 Å². The molecule has 0 spiro atoms. The van der Waals surface area contributed by atoms with Crippen molar-refractivity contribution in [1.82, 2.24) is 5.32 Å². The Balaban J connectivity index is 2.55. The Kier molecular flexibility index (Phi) is 9.87. The van der Waals surface area contributed by atoms with Crippen molar-refractivity contribution in [3.8, 4) is 11.5 Å². The van der Waals surface area contributed by atoms with E-state index in [9.17, 15) is 4.79 Å². The first-order valence-corrected chi connectivity index (χ1v) is 8.35. The molecule has 0 saturated carbocycles. The normalized spacial score (nSPS) is 10.4. The first-order valence-electron chi connectivity index (χ1n) is 8.35. The first-order chi connectivity index (χ1) is 11.2. The monoisotopic (exact) mass is 323 g/mol. The van der Waals surface area contributed by atoms with Crippen molar-refractivity contribution in [2.24, 2.45) is 0 Å². The summed E-state index contributed by atoms with van der Waals surface area (Å²) >= 11 is 0. The van der Waals surface area contributed by atoms with Crippen LogP contribution < -0.4 is 14.8 Å². The molecule has 0 atom stereocenters. The Morgan fingerprint density at radius 2 is 1.96 bits per heavy atom. The highest BCUT2D eigenvalue weighted by Crippen LogP contribution is 2.29. The van der Waals surface area contributed by atoms with Crippen molar-refractivity contribution in [2.45, 2.75) is 39.5 Å². The summed E-state index contributed by atoms with van der Waals surface area (Å²) in [5.74, 6) is 1.55. The number of aryl methyl sites for hydroxylation is 1. The average Bonchev–Trinajstić information content (AvgIpc) is 2.55. The van der Waals surface area contributed by atoms with Gasteiger partial charge in [0.2, 0.25) is 5.91 Å². The number of nitrogens with one attached hydrogen (secondary N) is 1. The van der Waals surface area contributed by atoms with Crippen molar-refractivity contribution in [3.05, 3.63) is 23.8 Å². The molecule has 5 heteroatoms. The summed E-state index contributed by atoms with van der Waals surface area (Å²) < 4.78 is 16.3. The largest absolute Gasteiger partial charge is 0.490 e. The number of methoxy groups -OCH3 is 1. The molecule has 0 radical (unpaired) electrons. The Bertz CT molecular complexity index is 462. The van der Waals surface area contributed by atoms with E-state index in [0.29, 0.717) is 39.2 Å². The molecule has 23 heavy (non-hydrogen) atoms. The summed E-state index contributed by atoms with van der Waals surface area (Å²) in [5.41, 5.74) is 1.07. The van der Waals surface area contributed by atoms with Crippen LogP contribution in [0.15, 0.2) is 18.2 Å². The van der Waals surface area contributed by atoms with Gasteiger partial charge in [-0.15, -0.1) is 0 Å². The first kappa shape index (κ1) is 19.3. The maximum Gasteiger partial charge on any atom is 0.220 e. The minimum absolute atomic E-state index is 0.0308. The van der Waals surface area contributed by atoms with Crippen LogP contribution in [-0.2, 0) is 16.0 Å². The number of carbonyl (C=O) groups is 1. The fourth-order valence-electron chi connectivity index (χ4n) is 2.06. The molecular weight excluding hydrogens is 294 g/mol. The second-order valence-electron chi connectivity index (χ2n) is 5.26. The van der Waals surface area contributed by atoms with Crippen LogP contribution in [0.1, 0.15) is 38.7 Å². The summed E-state index contributed by atoms with van der Waals surface area (Å²) in [6.45, 7) is 6.44. The Labute approximate surface area is 139 Å². The molecule has 0 heterocycles. The van der Waals surface area contributed by atoms with Crippen molar-refractivity contribution < 1.29 is 19.0 Å². The van der Waals surface area contributed by atoms with Gasteiger partial charge in [-0.25, -0.2) is 0 Å². The predicted molar refractivity (Wildman–Crippen MR) is 91.2 cm³/mol. The number of benzene rings is 1. The molecule has 0 aliphatic heterocycles. The van der Waals surface area contributed by atoms with E-state index in [2.05, 4.69) is 12.2 Å². The van der Waals surface area contributed by atoms with Gasteiger partial charge in [-0.1, -0.05) is 19.4 Å². The summed E-state index contributed by atoms with van der Waals surface area (Å²) in [5, 5.41) is 2.82. The number of amides is 1. The Hall–Kier alpha value is -1.75. The van der Waals surface area contributed by atoms with E-state index in [1.54, 1.807) is 7.11 Å². The van der Waals surface area contributed by atoms with Crippen LogP contribution in [-0.4, -0.2) is 39.4 Å². The Morgan fingerprint density at radius 1 is 1.13 bits per heavy atom. The zero-order chi connectivity index (χ0) is 16.9. The highest BCUT2D eigenvalue weighted by atomic mass is 16.5. The molecule has 1 N–H and O–H groups in total. The smallest absolute Gasteiger partial charge is 0.220 e. The van der Waals surface area contributed by atoms with Crippen molar-refractivity contribution in [1.29, 1.82) is 0 Å². The standard InChI is InChI=1S/C18H29NO4/c1-4-6-12-23-16-9-7-15(14-17(16)22-5-2)8-10-18(20)19-11-13-21-3/h7,9,14H,4-6,8,10-13H2,1-3H3,(H,19,20). The molecule has 0 aromatic heterocycles. The van der Waals surface area contributed by atoms with Gasteiger partial charge in [0.1, 0.15) is 0 Å². The zero-order valence-electron chi connectivity index (χ0n) is 14.5. The van der Waals surface area contributed by atoms with Crippen LogP contribution >= 0.6 is 0 Å². The van der Waals surface area contributed by atoms with Crippen LogP contribution in [0.5, 0.6) is 11.5 Å². The van der Waals surface area contributed by atoms with Gasteiger partial charge >= 0.3 is 0 Å². The van der Waals surface area contributed by atoms with Gasteiger partial charge in [0, 0.05) is 20.1 Å².